The average molecular weight is 305 g/mol. The van der Waals surface area contributed by atoms with Crippen LogP contribution >= 0.6 is 11.3 Å². The second-order valence-corrected chi connectivity index (χ2v) is 5.84. The van der Waals surface area contributed by atoms with Crippen LogP contribution in [0.25, 0.3) is 0 Å². The summed E-state index contributed by atoms with van der Waals surface area (Å²) in [6, 6.07) is 2.01. The molecule has 1 saturated carbocycles. The Morgan fingerprint density at radius 3 is 2.95 bits per heavy atom. The van der Waals surface area contributed by atoms with Crippen molar-refractivity contribution in [2.45, 2.75) is 25.4 Å². The van der Waals surface area contributed by atoms with Gasteiger partial charge in [-0.3, -0.25) is 14.3 Å². The first-order valence-electron chi connectivity index (χ1n) is 6.58. The molecule has 2 amide bonds. The third-order valence-corrected chi connectivity index (χ3v) is 3.97. The topological polar surface area (TPSA) is 102 Å². The SMILES string of the molecule is Nc1ccsc1C(=O)Nc1cnn(CC(=O)NC2CC2)c1. The van der Waals surface area contributed by atoms with Crippen LogP contribution in [0.1, 0.15) is 22.5 Å². The third-order valence-electron chi connectivity index (χ3n) is 3.04. The minimum atomic E-state index is -0.274. The predicted molar refractivity (Wildman–Crippen MR) is 80.1 cm³/mol. The first-order chi connectivity index (χ1) is 10.1. The van der Waals surface area contributed by atoms with Gasteiger partial charge in [0.15, 0.2) is 0 Å². The lowest BCUT2D eigenvalue weighted by molar-refractivity contribution is -0.122. The van der Waals surface area contributed by atoms with Crippen LogP contribution in [0.5, 0.6) is 0 Å². The van der Waals surface area contributed by atoms with E-state index in [1.54, 1.807) is 17.6 Å². The summed E-state index contributed by atoms with van der Waals surface area (Å²) in [7, 11) is 0. The quantitative estimate of drug-likeness (QED) is 0.768. The highest BCUT2D eigenvalue weighted by molar-refractivity contribution is 7.12. The number of nitrogen functional groups attached to an aromatic ring is 1. The van der Waals surface area contributed by atoms with E-state index >= 15 is 0 Å². The van der Waals surface area contributed by atoms with Gasteiger partial charge in [-0.1, -0.05) is 0 Å². The number of rotatable bonds is 5. The molecule has 7 nitrogen and oxygen atoms in total. The fourth-order valence-corrected chi connectivity index (χ4v) is 2.57. The number of thiophene rings is 1. The Labute approximate surface area is 125 Å². The maximum atomic E-state index is 12.0. The Kier molecular flexibility index (Phi) is 3.61. The van der Waals surface area contributed by atoms with Gasteiger partial charge >= 0.3 is 0 Å². The number of aromatic nitrogens is 2. The summed E-state index contributed by atoms with van der Waals surface area (Å²) >= 11 is 1.28. The molecule has 3 rings (SSSR count). The highest BCUT2D eigenvalue weighted by atomic mass is 32.1. The number of nitrogens with one attached hydrogen (secondary N) is 2. The molecule has 4 N–H and O–H groups in total. The Bertz CT molecular complexity index is 674. The van der Waals surface area contributed by atoms with Crippen LogP contribution in [-0.4, -0.2) is 27.6 Å². The molecule has 0 bridgehead atoms. The van der Waals surface area contributed by atoms with E-state index in [9.17, 15) is 9.59 Å². The molecule has 1 fully saturated rings. The molecule has 21 heavy (non-hydrogen) atoms. The molecule has 2 aromatic heterocycles. The van der Waals surface area contributed by atoms with E-state index < -0.39 is 0 Å². The molecule has 2 aromatic rings. The number of carbonyl (C=O) groups excluding carboxylic acids is 2. The Hall–Kier alpha value is -2.35. The van der Waals surface area contributed by atoms with Crippen molar-refractivity contribution >= 4 is 34.5 Å². The molecular formula is C13H15N5O2S. The van der Waals surface area contributed by atoms with E-state index in [4.69, 9.17) is 5.73 Å². The zero-order valence-corrected chi connectivity index (χ0v) is 12.0. The summed E-state index contributed by atoms with van der Waals surface area (Å²) in [6.45, 7) is 0.146. The number of carbonyl (C=O) groups is 2. The zero-order valence-electron chi connectivity index (χ0n) is 11.2. The van der Waals surface area contributed by atoms with E-state index in [0.29, 0.717) is 22.3 Å². The van der Waals surface area contributed by atoms with Crippen molar-refractivity contribution in [2.24, 2.45) is 0 Å². The van der Waals surface area contributed by atoms with Crippen LogP contribution in [-0.2, 0) is 11.3 Å². The van der Waals surface area contributed by atoms with Crippen molar-refractivity contribution < 1.29 is 9.59 Å². The Morgan fingerprint density at radius 2 is 2.29 bits per heavy atom. The molecule has 0 saturated heterocycles. The second-order valence-electron chi connectivity index (χ2n) is 4.93. The van der Waals surface area contributed by atoms with Crippen LogP contribution in [0.3, 0.4) is 0 Å². The van der Waals surface area contributed by atoms with Crippen molar-refractivity contribution in [3.63, 3.8) is 0 Å². The van der Waals surface area contributed by atoms with Crippen LogP contribution in [0.2, 0.25) is 0 Å². The summed E-state index contributed by atoms with van der Waals surface area (Å²) in [6.07, 6.45) is 5.23. The molecule has 2 heterocycles. The normalized spacial score (nSPS) is 13.9. The monoisotopic (exact) mass is 305 g/mol. The van der Waals surface area contributed by atoms with Crippen molar-refractivity contribution in [1.82, 2.24) is 15.1 Å². The van der Waals surface area contributed by atoms with Gasteiger partial charge in [-0.05, 0) is 24.3 Å². The Morgan fingerprint density at radius 1 is 1.48 bits per heavy atom. The minimum Gasteiger partial charge on any atom is -0.397 e. The maximum Gasteiger partial charge on any atom is 0.267 e. The number of hydrogen-bond acceptors (Lipinski definition) is 5. The second kappa shape index (κ2) is 5.57. The largest absolute Gasteiger partial charge is 0.397 e. The summed E-state index contributed by atoms with van der Waals surface area (Å²) in [4.78, 5) is 24.1. The highest BCUT2D eigenvalue weighted by Crippen LogP contribution is 2.20. The molecule has 0 aromatic carbocycles. The summed E-state index contributed by atoms with van der Waals surface area (Å²) < 4.78 is 1.49. The van der Waals surface area contributed by atoms with Crippen molar-refractivity contribution in [1.29, 1.82) is 0 Å². The molecule has 110 valence electrons. The Balaban J connectivity index is 1.58. The number of nitrogens with zero attached hydrogens (tertiary/aromatic N) is 2. The molecule has 1 aliphatic carbocycles. The minimum absolute atomic E-state index is 0.0685. The van der Waals surface area contributed by atoms with Crippen LogP contribution in [0.4, 0.5) is 11.4 Å². The van der Waals surface area contributed by atoms with Crippen molar-refractivity contribution in [3.05, 3.63) is 28.7 Å². The van der Waals surface area contributed by atoms with E-state index in [1.807, 2.05) is 0 Å². The third kappa shape index (κ3) is 3.40. The van der Waals surface area contributed by atoms with Crippen LogP contribution < -0.4 is 16.4 Å². The number of hydrogen-bond donors (Lipinski definition) is 3. The summed E-state index contributed by atoms with van der Waals surface area (Å²) in [5, 5.41) is 11.4. The highest BCUT2D eigenvalue weighted by Gasteiger charge is 2.23. The lowest BCUT2D eigenvalue weighted by atomic mass is 10.3. The van der Waals surface area contributed by atoms with Crippen molar-refractivity contribution in [3.8, 4) is 0 Å². The molecule has 0 spiro atoms. The van der Waals surface area contributed by atoms with Gasteiger partial charge < -0.3 is 16.4 Å². The lowest BCUT2D eigenvalue weighted by Crippen LogP contribution is -2.29. The average Bonchev–Trinajstić information content (AvgIpc) is 2.95. The van der Waals surface area contributed by atoms with Gasteiger partial charge in [0, 0.05) is 12.2 Å². The molecular weight excluding hydrogens is 290 g/mol. The fourth-order valence-electron chi connectivity index (χ4n) is 1.85. The molecule has 0 radical (unpaired) electrons. The molecule has 0 aliphatic heterocycles. The van der Waals surface area contributed by atoms with Gasteiger partial charge in [-0.25, -0.2) is 0 Å². The molecule has 8 heteroatoms. The molecule has 1 aliphatic rings. The first-order valence-corrected chi connectivity index (χ1v) is 7.46. The van der Waals surface area contributed by atoms with Gasteiger partial charge in [0.25, 0.3) is 5.91 Å². The van der Waals surface area contributed by atoms with Crippen LogP contribution in [0, 0.1) is 0 Å². The van der Waals surface area contributed by atoms with E-state index in [-0.39, 0.29) is 18.4 Å². The van der Waals surface area contributed by atoms with Crippen molar-refractivity contribution in [2.75, 3.05) is 11.1 Å². The summed E-state index contributed by atoms with van der Waals surface area (Å²) in [5.41, 5.74) is 6.68. The number of amides is 2. The van der Waals surface area contributed by atoms with Gasteiger partial charge in [0.1, 0.15) is 11.4 Å². The van der Waals surface area contributed by atoms with Gasteiger partial charge in [-0.15, -0.1) is 11.3 Å². The molecule has 0 atom stereocenters. The smallest absolute Gasteiger partial charge is 0.267 e. The first kappa shape index (κ1) is 13.6. The standard InChI is InChI=1S/C13H15N5O2S/c14-10-3-4-21-12(10)13(20)17-9-5-15-18(6-9)7-11(19)16-8-1-2-8/h3-6,8H,1-2,7,14H2,(H,16,19)(H,17,20). The van der Waals surface area contributed by atoms with Crippen LogP contribution in [0.15, 0.2) is 23.8 Å². The van der Waals surface area contributed by atoms with E-state index in [2.05, 4.69) is 15.7 Å². The van der Waals surface area contributed by atoms with Gasteiger partial charge in [0.2, 0.25) is 5.91 Å². The zero-order chi connectivity index (χ0) is 14.8. The van der Waals surface area contributed by atoms with Gasteiger partial charge in [0.05, 0.1) is 17.6 Å². The van der Waals surface area contributed by atoms with Gasteiger partial charge in [-0.2, -0.15) is 5.10 Å². The predicted octanol–water partition coefficient (Wildman–Crippen LogP) is 1.06. The number of anilines is 2. The number of nitrogens with two attached hydrogens (primary N) is 1. The summed E-state index contributed by atoms with van der Waals surface area (Å²) in [5.74, 6) is -0.342. The lowest BCUT2D eigenvalue weighted by Gasteiger charge is -2.03. The van der Waals surface area contributed by atoms with E-state index in [0.717, 1.165) is 12.8 Å². The molecule has 0 unspecified atom stereocenters. The fraction of sp³-hybridized carbons (Fsp3) is 0.308. The van der Waals surface area contributed by atoms with E-state index in [1.165, 1.54) is 22.2 Å². The maximum absolute atomic E-state index is 12.0.